The monoisotopic (exact) mass is 441 g/mol. The van der Waals surface area contributed by atoms with Crippen LogP contribution >= 0.6 is 0 Å². The third-order valence-corrected chi connectivity index (χ3v) is 7.21. The fraction of sp³-hybridized carbons (Fsp3) is 0.357. The minimum atomic E-state index is 0.0472. The highest BCUT2D eigenvalue weighted by Gasteiger charge is 2.49. The number of hydrogen-bond acceptors (Lipinski definition) is 4. The molecule has 1 aromatic heterocycles. The van der Waals surface area contributed by atoms with Gasteiger partial charge in [-0.3, -0.25) is 14.7 Å². The summed E-state index contributed by atoms with van der Waals surface area (Å²) in [7, 11) is 0. The molecule has 2 fully saturated rings. The van der Waals surface area contributed by atoms with Crippen LogP contribution < -0.4 is 0 Å². The highest BCUT2D eigenvalue weighted by Crippen LogP contribution is 2.42. The molecule has 0 spiro atoms. The Kier molecular flexibility index (Phi) is 6.25. The van der Waals surface area contributed by atoms with Crippen LogP contribution in [0.4, 0.5) is 0 Å². The lowest BCUT2D eigenvalue weighted by atomic mass is 9.74. The van der Waals surface area contributed by atoms with E-state index in [2.05, 4.69) is 65.3 Å². The molecule has 0 bridgehead atoms. The number of carbonyl (C=O) groups excluding carboxylic acids is 1. The predicted molar refractivity (Wildman–Crippen MR) is 130 cm³/mol. The van der Waals surface area contributed by atoms with Gasteiger partial charge in [-0.05, 0) is 55.1 Å². The van der Waals surface area contributed by atoms with Gasteiger partial charge >= 0.3 is 0 Å². The van der Waals surface area contributed by atoms with Crippen molar-refractivity contribution in [1.82, 2.24) is 14.8 Å². The molecule has 2 aromatic carbocycles. The zero-order valence-corrected chi connectivity index (χ0v) is 19.1. The summed E-state index contributed by atoms with van der Waals surface area (Å²) in [6.07, 6.45) is 5.35. The first-order valence-corrected chi connectivity index (χ1v) is 11.9. The minimum Gasteiger partial charge on any atom is -0.395 e. The SMILES string of the molecule is Cc1cccc(-c2ccc([C@@H]3[C@@H](CO)N4CCCCN(C(=O)c5cccnc5)C[C@@H]34)cc2)c1. The summed E-state index contributed by atoms with van der Waals surface area (Å²) in [5.41, 5.74) is 5.54. The van der Waals surface area contributed by atoms with Crippen molar-refractivity contribution in [3.63, 3.8) is 0 Å². The molecule has 5 rings (SSSR count). The number of aryl methyl sites for hydroxylation is 1. The zero-order chi connectivity index (χ0) is 22.8. The van der Waals surface area contributed by atoms with Crippen LogP contribution in [-0.4, -0.2) is 64.1 Å². The molecule has 0 saturated carbocycles. The first-order valence-electron chi connectivity index (χ1n) is 11.9. The Morgan fingerprint density at radius 3 is 2.58 bits per heavy atom. The topological polar surface area (TPSA) is 56.7 Å². The predicted octanol–water partition coefficient (Wildman–Crippen LogP) is 4.12. The van der Waals surface area contributed by atoms with Crippen molar-refractivity contribution in [3.8, 4) is 11.1 Å². The van der Waals surface area contributed by atoms with E-state index in [1.54, 1.807) is 12.4 Å². The minimum absolute atomic E-state index is 0.0472. The molecule has 2 aliphatic rings. The highest BCUT2D eigenvalue weighted by atomic mass is 16.3. The van der Waals surface area contributed by atoms with Crippen LogP contribution in [0, 0.1) is 6.92 Å². The van der Waals surface area contributed by atoms with Gasteiger partial charge in [0.15, 0.2) is 0 Å². The lowest BCUT2D eigenvalue weighted by Crippen LogP contribution is -2.67. The molecule has 5 nitrogen and oxygen atoms in total. The molecule has 0 unspecified atom stereocenters. The molecule has 5 heteroatoms. The molecule has 170 valence electrons. The summed E-state index contributed by atoms with van der Waals surface area (Å²) in [4.78, 5) is 21.7. The highest BCUT2D eigenvalue weighted by molar-refractivity contribution is 5.93. The van der Waals surface area contributed by atoms with Crippen LogP contribution in [0.25, 0.3) is 11.1 Å². The van der Waals surface area contributed by atoms with Gasteiger partial charge in [-0.25, -0.2) is 0 Å². The quantitative estimate of drug-likeness (QED) is 0.662. The molecule has 2 saturated heterocycles. The number of nitrogens with zero attached hydrogens (tertiary/aromatic N) is 3. The summed E-state index contributed by atoms with van der Waals surface area (Å²) in [6, 6.07) is 21.3. The van der Waals surface area contributed by atoms with Crippen molar-refractivity contribution in [2.75, 3.05) is 26.2 Å². The van der Waals surface area contributed by atoms with Gasteiger partial charge in [-0.1, -0.05) is 54.1 Å². The molecular formula is C28H31N3O2. The van der Waals surface area contributed by atoms with Crippen LogP contribution in [0.3, 0.4) is 0 Å². The van der Waals surface area contributed by atoms with Crippen LogP contribution in [0.2, 0.25) is 0 Å². The van der Waals surface area contributed by atoms with Gasteiger partial charge in [0.05, 0.1) is 12.2 Å². The summed E-state index contributed by atoms with van der Waals surface area (Å²) in [5.74, 6) is 0.259. The van der Waals surface area contributed by atoms with Crippen LogP contribution in [-0.2, 0) is 0 Å². The van der Waals surface area contributed by atoms with Crippen molar-refractivity contribution >= 4 is 5.91 Å². The summed E-state index contributed by atoms with van der Waals surface area (Å²) in [6.45, 7) is 4.66. The van der Waals surface area contributed by atoms with Crippen LogP contribution in [0.1, 0.15) is 40.2 Å². The maximum Gasteiger partial charge on any atom is 0.255 e. The van der Waals surface area contributed by atoms with E-state index in [4.69, 9.17) is 0 Å². The second kappa shape index (κ2) is 9.46. The van der Waals surface area contributed by atoms with E-state index in [1.807, 2.05) is 17.0 Å². The summed E-state index contributed by atoms with van der Waals surface area (Å²) < 4.78 is 0. The molecule has 3 heterocycles. The Morgan fingerprint density at radius 1 is 1.03 bits per heavy atom. The second-order valence-corrected chi connectivity index (χ2v) is 9.27. The first kappa shape index (κ1) is 21.8. The van der Waals surface area contributed by atoms with Crippen molar-refractivity contribution in [2.45, 2.75) is 37.8 Å². The summed E-state index contributed by atoms with van der Waals surface area (Å²) >= 11 is 0. The van der Waals surface area contributed by atoms with E-state index >= 15 is 0 Å². The van der Waals surface area contributed by atoms with E-state index in [0.29, 0.717) is 12.1 Å². The first-order chi connectivity index (χ1) is 16.2. The molecule has 1 N–H and O–H groups in total. The normalized spacial score (nSPS) is 23.2. The number of benzene rings is 2. The zero-order valence-electron chi connectivity index (χ0n) is 19.1. The smallest absolute Gasteiger partial charge is 0.255 e. The van der Waals surface area contributed by atoms with Gasteiger partial charge in [0.1, 0.15) is 0 Å². The van der Waals surface area contributed by atoms with Gasteiger partial charge in [0.2, 0.25) is 0 Å². The van der Waals surface area contributed by atoms with Crippen LogP contribution in [0.15, 0.2) is 73.1 Å². The number of fused-ring (bicyclic) bond motifs is 1. The van der Waals surface area contributed by atoms with E-state index in [9.17, 15) is 9.90 Å². The molecule has 0 radical (unpaired) electrons. The van der Waals surface area contributed by atoms with Gasteiger partial charge in [-0.15, -0.1) is 0 Å². The number of amides is 1. The number of hydrogen-bond donors (Lipinski definition) is 1. The standard InChI is InChI=1S/C28H31N3O2/c1-20-6-4-7-23(16-20)21-9-11-22(12-10-21)27-25-18-30(28(33)24-8-5-13-29-17-24)14-2-3-15-31(25)26(27)19-32/h4-13,16-17,25-27,32H,2-3,14-15,18-19H2,1H3/t25-,26+,27-/m0/s1. The van der Waals surface area contributed by atoms with Gasteiger partial charge < -0.3 is 10.0 Å². The third kappa shape index (κ3) is 4.31. The Balaban J connectivity index is 1.39. The van der Waals surface area contributed by atoms with Crippen molar-refractivity contribution in [1.29, 1.82) is 0 Å². The number of aliphatic hydroxyl groups is 1. The molecule has 0 aliphatic carbocycles. The number of aromatic nitrogens is 1. The Morgan fingerprint density at radius 2 is 1.85 bits per heavy atom. The number of aliphatic hydroxyl groups excluding tert-OH is 1. The lowest BCUT2D eigenvalue weighted by Gasteiger charge is -2.57. The molecule has 1 amide bonds. The molecule has 3 aromatic rings. The fourth-order valence-corrected chi connectivity index (χ4v) is 5.52. The Bertz CT molecular complexity index is 1100. The van der Waals surface area contributed by atoms with E-state index in [1.165, 1.54) is 22.3 Å². The molecule has 3 atom stereocenters. The maximum atomic E-state index is 13.2. The largest absolute Gasteiger partial charge is 0.395 e. The van der Waals surface area contributed by atoms with Crippen molar-refractivity contribution in [2.24, 2.45) is 0 Å². The van der Waals surface area contributed by atoms with E-state index < -0.39 is 0 Å². The number of rotatable bonds is 4. The average molecular weight is 442 g/mol. The Hall–Kier alpha value is -3.02. The van der Waals surface area contributed by atoms with Crippen molar-refractivity contribution in [3.05, 3.63) is 89.7 Å². The average Bonchev–Trinajstić information content (AvgIpc) is 2.83. The second-order valence-electron chi connectivity index (χ2n) is 9.27. The van der Waals surface area contributed by atoms with Crippen LogP contribution in [0.5, 0.6) is 0 Å². The summed E-state index contributed by atoms with van der Waals surface area (Å²) in [5, 5.41) is 10.2. The third-order valence-electron chi connectivity index (χ3n) is 7.21. The maximum absolute atomic E-state index is 13.2. The van der Waals surface area contributed by atoms with Gasteiger partial charge in [0, 0.05) is 43.5 Å². The van der Waals surface area contributed by atoms with E-state index in [-0.39, 0.29) is 30.5 Å². The number of pyridine rings is 1. The molecular weight excluding hydrogens is 410 g/mol. The van der Waals surface area contributed by atoms with Gasteiger partial charge in [0.25, 0.3) is 5.91 Å². The Labute approximate surface area is 195 Å². The van der Waals surface area contributed by atoms with Gasteiger partial charge in [-0.2, -0.15) is 0 Å². The molecule has 2 aliphatic heterocycles. The van der Waals surface area contributed by atoms with E-state index in [0.717, 1.165) is 25.9 Å². The van der Waals surface area contributed by atoms with Crippen molar-refractivity contribution < 1.29 is 9.90 Å². The number of carbonyl (C=O) groups is 1. The fourth-order valence-electron chi connectivity index (χ4n) is 5.52. The molecule has 33 heavy (non-hydrogen) atoms. The lowest BCUT2D eigenvalue weighted by molar-refractivity contribution is -0.0606.